The summed E-state index contributed by atoms with van der Waals surface area (Å²) in [6, 6.07) is 30.0. The molecule has 1 saturated heterocycles. The van der Waals surface area contributed by atoms with Gasteiger partial charge in [0.05, 0.1) is 6.04 Å². The predicted octanol–water partition coefficient (Wildman–Crippen LogP) is 4.50. The maximum Gasteiger partial charge on any atom is 0.187 e. The van der Waals surface area contributed by atoms with Crippen molar-refractivity contribution in [3.63, 3.8) is 0 Å². The highest BCUT2D eigenvalue weighted by atomic mass is 16.1. The number of benzene rings is 3. The molecular weight excluding hydrogens is 282 g/mol. The lowest BCUT2D eigenvalue weighted by atomic mass is 10.0. The number of anilines is 1. The molecule has 0 radical (unpaired) electrons. The van der Waals surface area contributed by atoms with Crippen LogP contribution in [0.4, 0.5) is 5.69 Å². The van der Waals surface area contributed by atoms with Crippen LogP contribution in [-0.2, 0) is 0 Å². The zero-order chi connectivity index (χ0) is 15.6. The number of para-hydroxylation sites is 1. The van der Waals surface area contributed by atoms with Crippen LogP contribution < -0.4 is 4.90 Å². The van der Waals surface area contributed by atoms with E-state index in [1.807, 2.05) is 66.7 Å². The maximum atomic E-state index is 12.9. The van der Waals surface area contributed by atoms with Crippen LogP contribution in [-0.4, -0.2) is 11.8 Å². The first-order chi connectivity index (χ1) is 11.4. The van der Waals surface area contributed by atoms with Crippen molar-refractivity contribution in [1.29, 1.82) is 0 Å². The third-order valence-electron chi connectivity index (χ3n) is 4.33. The average molecular weight is 299 g/mol. The normalized spacial score (nSPS) is 19.4. The number of carbonyl (C=O) groups excluding carboxylic acids is 1. The summed E-state index contributed by atoms with van der Waals surface area (Å²) in [4.78, 5) is 15.1. The quantitative estimate of drug-likeness (QED) is 0.522. The average Bonchev–Trinajstić information content (AvgIpc) is 3.39. The fourth-order valence-electron chi connectivity index (χ4n) is 3.19. The molecule has 1 heterocycles. The molecule has 0 aliphatic carbocycles. The standard InChI is InChI=1S/C21H17NO/c23-21(17-12-6-2-7-13-17)20-19(16-10-4-1-5-11-16)22(20)18-14-8-3-9-15-18/h1-15,19-20H. The number of hydrogen-bond donors (Lipinski definition) is 0. The van der Waals surface area contributed by atoms with Crippen LogP contribution in [0.1, 0.15) is 22.0 Å². The minimum Gasteiger partial charge on any atom is -0.349 e. The monoisotopic (exact) mass is 299 g/mol. The third kappa shape index (κ3) is 2.53. The molecule has 3 aromatic carbocycles. The molecule has 1 fully saturated rings. The molecule has 1 aliphatic rings. The molecule has 0 aromatic heterocycles. The summed E-state index contributed by atoms with van der Waals surface area (Å²) in [6.45, 7) is 0. The van der Waals surface area contributed by atoms with Gasteiger partial charge < -0.3 is 4.90 Å². The van der Waals surface area contributed by atoms with Crippen LogP contribution in [0.2, 0.25) is 0 Å². The smallest absolute Gasteiger partial charge is 0.187 e. The molecule has 0 amide bonds. The Bertz CT molecular complexity index is 754. The number of hydrogen-bond acceptors (Lipinski definition) is 2. The Hall–Kier alpha value is -2.87. The first kappa shape index (κ1) is 13.8. The van der Waals surface area contributed by atoms with E-state index in [4.69, 9.17) is 0 Å². The molecule has 0 bridgehead atoms. The van der Waals surface area contributed by atoms with Crippen LogP contribution in [0.25, 0.3) is 0 Å². The van der Waals surface area contributed by atoms with E-state index >= 15 is 0 Å². The molecule has 0 saturated carbocycles. The van der Waals surface area contributed by atoms with Gasteiger partial charge in [-0.3, -0.25) is 4.79 Å². The Kier molecular flexibility index (Phi) is 3.43. The van der Waals surface area contributed by atoms with Crippen LogP contribution in [0.3, 0.4) is 0 Å². The van der Waals surface area contributed by atoms with Gasteiger partial charge in [0, 0.05) is 11.3 Å². The fraction of sp³-hybridized carbons (Fsp3) is 0.0952. The van der Waals surface area contributed by atoms with Gasteiger partial charge in [-0.25, -0.2) is 0 Å². The van der Waals surface area contributed by atoms with E-state index in [1.54, 1.807) is 0 Å². The largest absolute Gasteiger partial charge is 0.349 e. The van der Waals surface area contributed by atoms with E-state index in [2.05, 4.69) is 29.2 Å². The highest BCUT2D eigenvalue weighted by Gasteiger charge is 2.53. The SMILES string of the molecule is O=C(c1ccccc1)C1C(c2ccccc2)N1c1ccccc1. The number of nitrogens with zero attached hydrogens (tertiary/aromatic N) is 1. The van der Waals surface area contributed by atoms with Crippen LogP contribution in [0, 0.1) is 0 Å². The van der Waals surface area contributed by atoms with Crippen molar-refractivity contribution in [2.45, 2.75) is 12.1 Å². The zero-order valence-corrected chi connectivity index (χ0v) is 12.7. The Labute approximate surface area is 136 Å². The van der Waals surface area contributed by atoms with E-state index in [-0.39, 0.29) is 17.9 Å². The highest BCUT2D eigenvalue weighted by Crippen LogP contribution is 2.48. The summed E-state index contributed by atoms with van der Waals surface area (Å²) in [5, 5.41) is 0. The topological polar surface area (TPSA) is 20.1 Å². The first-order valence-electron chi connectivity index (χ1n) is 7.84. The predicted molar refractivity (Wildman–Crippen MR) is 92.7 cm³/mol. The molecule has 3 aromatic rings. The molecule has 112 valence electrons. The molecular formula is C21H17NO. The first-order valence-corrected chi connectivity index (χ1v) is 7.84. The molecule has 2 heteroatoms. The molecule has 1 aliphatic heterocycles. The second-order valence-corrected chi connectivity index (χ2v) is 5.77. The van der Waals surface area contributed by atoms with Gasteiger partial charge in [0.2, 0.25) is 0 Å². The van der Waals surface area contributed by atoms with Gasteiger partial charge in [-0.1, -0.05) is 78.9 Å². The van der Waals surface area contributed by atoms with Crippen molar-refractivity contribution < 1.29 is 4.79 Å². The van der Waals surface area contributed by atoms with Crippen LogP contribution in [0.15, 0.2) is 91.0 Å². The highest BCUT2D eigenvalue weighted by molar-refractivity contribution is 6.06. The second-order valence-electron chi connectivity index (χ2n) is 5.77. The van der Waals surface area contributed by atoms with Crippen molar-refractivity contribution in [2.75, 3.05) is 4.90 Å². The second kappa shape index (κ2) is 5.73. The summed E-state index contributed by atoms with van der Waals surface area (Å²) < 4.78 is 0. The van der Waals surface area contributed by atoms with Gasteiger partial charge in [0.15, 0.2) is 5.78 Å². The number of rotatable bonds is 4. The number of Topliss-reactive ketones (excluding diaryl/α,β-unsaturated/α-hetero) is 1. The zero-order valence-electron chi connectivity index (χ0n) is 12.7. The number of ketones is 1. The van der Waals surface area contributed by atoms with Gasteiger partial charge in [0.1, 0.15) is 6.04 Å². The summed E-state index contributed by atoms with van der Waals surface area (Å²) in [7, 11) is 0. The van der Waals surface area contributed by atoms with Crippen molar-refractivity contribution in [1.82, 2.24) is 0 Å². The Morgan fingerprint density at radius 1 is 0.696 bits per heavy atom. The number of carbonyl (C=O) groups is 1. The Balaban J connectivity index is 1.70. The van der Waals surface area contributed by atoms with Crippen molar-refractivity contribution in [3.05, 3.63) is 102 Å². The minimum absolute atomic E-state index is 0.117. The summed E-state index contributed by atoms with van der Waals surface area (Å²) in [5.41, 5.74) is 3.05. The van der Waals surface area contributed by atoms with E-state index in [9.17, 15) is 4.79 Å². The molecule has 0 N–H and O–H groups in total. The van der Waals surface area contributed by atoms with Crippen molar-refractivity contribution in [2.24, 2.45) is 0 Å². The molecule has 2 atom stereocenters. The van der Waals surface area contributed by atoms with Gasteiger partial charge in [-0.05, 0) is 17.7 Å². The Morgan fingerprint density at radius 3 is 1.83 bits per heavy atom. The summed E-state index contributed by atoms with van der Waals surface area (Å²) in [6.07, 6.45) is 0. The van der Waals surface area contributed by atoms with Crippen LogP contribution in [0.5, 0.6) is 0 Å². The van der Waals surface area contributed by atoms with E-state index < -0.39 is 0 Å². The Morgan fingerprint density at radius 2 is 1.22 bits per heavy atom. The van der Waals surface area contributed by atoms with Gasteiger partial charge in [-0.2, -0.15) is 0 Å². The lowest BCUT2D eigenvalue weighted by Crippen LogP contribution is -2.12. The van der Waals surface area contributed by atoms with Gasteiger partial charge in [0.25, 0.3) is 0 Å². The fourth-order valence-corrected chi connectivity index (χ4v) is 3.19. The lowest BCUT2D eigenvalue weighted by Gasteiger charge is -2.05. The third-order valence-corrected chi connectivity index (χ3v) is 4.33. The van der Waals surface area contributed by atoms with Gasteiger partial charge >= 0.3 is 0 Å². The molecule has 2 nitrogen and oxygen atoms in total. The summed E-state index contributed by atoms with van der Waals surface area (Å²) in [5.74, 6) is 0.184. The molecule has 2 unspecified atom stereocenters. The van der Waals surface area contributed by atoms with E-state index in [0.717, 1.165) is 11.3 Å². The van der Waals surface area contributed by atoms with Crippen molar-refractivity contribution >= 4 is 11.5 Å². The van der Waals surface area contributed by atoms with Crippen molar-refractivity contribution in [3.8, 4) is 0 Å². The molecule has 4 rings (SSSR count). The maximum absolute atomic E-state index is 12.9. The summed E-state index contributed by atoms with van der Waals surface area (Å²) >= 11 is 0. The van der Waals surface area contributed by atoms with Crippen LogP contribution >= 0.6 is 0 Å². The lowest BCUT2D eigenvalue weighted by molar-refractivity contribution is 0.0990. The van der Waals surface area contributed by atoms with E-state index in [0.29, 0.717) is 0 Å². The molecule has 23 heavy (non-hydrogen) atoms. The molecule has 0 spiro atoms. The minimum atomic E-state index is -0.123. The van der Waals surface area contributed by atoms with E-state index in [1.165, 1.54) is 5.56 Å². The van der Waals surface area contributed by atoms with Gasteiger partial charge in [-0.15, -0.1) is 0 Å².